The monoisotopic (exact) mass is 711 g/mol. The van der Waals surface area contributed by atoms with Crippen LogP contribution in [-0.2, 0) is 29.1 Å². The molecule has 0 unspecified atom stereocenters. The molecule has 2 aromatic carbocycles. The normalized spacial score (nSPS) is 15.3. The number of halogens is 1. The minimum atomic E-state index is -0.352. The number of hydrogen-bond acceptors (Lipinski definition) is 11. The highest BCUT2D eigenvalue weighted by Gasteiger charge is 2.25. The largest absolute Gasteiger partial charge is 0.445 e. The van der Waals surface area contributed by atoms with Gasteiger partial charge in [0.1, 0.15) is 37.0 Å². The van der Waals surface area contributed by atoms with Gasteiger partial charge in [-0.05, 0) is 67.7 Å². The number of nitrogens with two attached hydrogens (primary N) is 1. The first-order valence-electron chi connectivity index (χ1n) is 17.8. The van der Waals surface area contributed by atoms with Crippen molar-refractivity contribution in [2.24, 2.45) is 11.8 Å². The number of nitrogen functional groups attached to an aromatic ring is 1. The fourth-order valence-corrected chi connectivity index (χ4v) is 6.47. The number of hydrogen-bond donors (Lipinski definition) is 3. The van der Waals surface area contributed by atoms with Crippen molar-refractivity contribution in [2.45, 2.75) is 52.2 Å². The molecule has 0 aliphatic carbocycles. The molecule has 4 aromatic rings. The van der Waals surface area contributed by atoms with Crippen LogP contribution in [0.5, 0.6) is 0 Å². The molecule has 2 fully saturated rings. The molecule has 0 spiro atoms. The summed E-state index contributed by atoms with van der Waals surface area (Å²) in [6.07, 6.45) is 4.79. The molecular weight excluding hydrogens is 665 g/mol. The van der Waals surface area contributed by atoms with Gasteiger partial charge in [0.05, 0.1) is 11.4 Å². The Bertz CT molecular complexity index is 1780. The molecule has 2 saturated heterocycles. The van der Waals surface area contributed by atoms with Crippen molar-refractivity contribution in [3.8, 4) is 0 Å². The molecular formula is C38H46FN9O4. The molecule has 0 saturated carbocycles. The maximum absolute atomic E-state index is 13.1. The summed E-state index contributed by atoms with van der Waals surface area (Å²) in [6, 6.07) is 17.5. The lowest BCUT2D eigenvalue weighted by atomic mass is 9.97. The van der Waals surface area contributed by atoms with E-state index < -0.39 is 0 Å². The highest BCUT2D eigenvalue weighted by Crippen LogP contribution is 2.23. The number of ether oxygens (including phenoxy) is 2. The van der Waals surface area contributed by atoms with Crippen molar-refractivity contribution in [1.29, 1.82) is 0 Å². The van der Waals surface area contributed by atoms with Gasteiger partial charge >= 0.3 is 12.2 Å². The summed E-state index contributed by atoms with van der Waals surface area (Å²) < 4.78 is 24.1. The number of carbonyl (C=O) groups excluding carboxylic acids is 2. The second kappa shape index (κ2) is 17.6. The number of rotatable bonds is 12. The summed E-state index contributed by atoms with van der Waals surface area (Å²) in [6.45, 7) is 6.32. The van der Waals surface area contributed by atoms with E-state index in [2.05, 4.69) is 30.6 Å². The minimum Gasteiger partial charge on any atom is -0.445 e. The number of nitrogens with one attached hydrogen (secondary N) is 2. The van der Waals surface area contributed by atoms with Crippen LogP contribution in [0.15, 0.2) is 67.0 Å². The van der Waals surface area contributed by atoms with Crippen molar-refractivity contribution in [2.75, 3.05) is 55.6 Å². The van der Waals surface area contributed by atoms with E-state index in [-0.39, 0.29) is 37.2 Å². The molecule has 2 aliphatic rings. The lowest BCUT2D eigenvalue weighted by Gasteiger charge is -2.31. The molecule has 6 rings (SSSR count). The number of benzene rings is 2. The maximum Gasteiger partial charge on any atom is 0.410 e. The van der Waals surface area contributed by atoms with Gasteiger partial charge in [-0.3, -0.25) is 0 Å². The van der Waals surface area contributed by atoms with Crippen LogP contribution in [0, 0.1) is 24.6 Å². The van der Waals surface area contributed by atoms with E-state index in [1.54, 1.807) is 28.3 Å². The Morgan fingerprint density at radius 2 is 1.38 bits per heavy atom. The smallest absolute Gasteiger partial charge is 0.410 e. The SMILES string of the molecule is Cc1c(Cc2cc(NCC3CCN(C(=O)OCc4ccccc4)CC3)nc(N)n2)ncnc1NCC1CCN(C(=O)OCc2ccc(F)cc2)CC1. The Hall–Kier alpha value is -5.53. The van der Waals surface area contributed by atoms with E-state index in [4.69, 9.17) is 15.2 Å². The molecule has 4 heterocycles. The molecule has 2 aliphatic heterocycles. The number of aromatic nitrogens is 4. The lowest BCUT2D eigenvalue weighted by molar-refractivity contribution is 0.0826. The Labute approximate surface area is 303 Å². The maximum atomic E-state index is 13.1. The van der Waals surface area contributed by atoms with E-state index in [0.717, 1.165) is 66.1 Å². The van der Waals surface area contributed by atoms with Crippen LogP contribution in [0.1, 0.15) is 53.8 Å². The molecule has 2 aromatic heterocycles. The molecule has 13 nitrogen and oxygen atoms in total. The van der Waals surface area contributed by atoms with Gasteiger partial charge in [-0.15, -0.1) is 0 Å². The molecule has 14 heteroatoms. The van der Waals surface area contributed by atoms with Gasteiger partial charge in [-0.1, -0.05) is 42.5 Å². The first-order valence-corrected chi connectivity index (χ1v) is 17.8. The van der Waals surface area contributed by atoms with E-state index in [1.165, 1.54) is 12.1 Å². The third-order valence-electron chi connectivity index (χ3n) is 9.69. The summed E-state index contributed by atoms with van der Waals surface area (Å²) in [7, 11) is 0. The van der Waals surface area contributed by atoms with Crippen molar-refractivity contribution >= 4 is 29.8 Å². The highest BCUT2D eigenvalue weighted by molar-refractivity contribution is 5.68. The second-order valence-electron chi connectivity index (χ2n) is 13.4. The predicted molar refractivity (Wildman–Crippen MR) is 195 cm³/mol. The minimum absolute atomic E-state index is 0.117. The summed E-state index contributed by atoms with van der Waals surface area (Å²) in [4.78, 5) is 46.5. The van der Waals surface area contributed by atoms with Crippen LogP contribution in [-0.4, -0.2) is 81.2 Å². The summed E-state index contributed by atoms with van der Waals surface area (Å²) in [5, 5.41) is 6.91. The Morgan fingerprint density at radius 1 is 0.808 bits per heavy atom. The number of anilines is 3. The van der Waals surface area contributed by atoms with Crippen LogP contribution in [0.25, 0.3) is 0 Å². The molecule has 274 valence electrons. The fourth-order valence-electron chi connectivity index (χ4n) is 6.47. The number of piperidine rings is 2. The van der Waals surface area contributed by atoms with Crippen molar-refractivity contribution in [1.82, 2.24) is 29.7 Å². The summed E-state index contributed by atoms with van der Waals surface area (Å²) >= 11 is 0. The van der Waals surface area contributed by atoms with Crippen LogP contribution in [0.4, 0.5) is 31.6 Å². The first-order chi connectivity index (χ1) is 25.3. The van der Waals surface area contributed by atoms with Crippen molar-refractivity contribution < 1.29 is 23.5 Å². The Kier molecular flexibility index (Phi) is 12.3. The van der Waals surface area contributed by atoms with E-state index in [1.807, 2.05) is 43.3 Å². The Balaban J connectivity index is 0.929. The van der Waals surface area contributed by atoms with Gasteiger partial charge in [0.25, 0.3) is 0 Å². The second-order valence-corrected chi connectivity index (χ2v) is 13.4. The van der Waals surface area contributed by atoms with Crippen molar-refractivity contribution in [3.63, 3.8) is 0 Å². The molecule has 4 N–H and O–H groups in total. The molecule has 52 heavy (non-hydrogen) atoms. The lowest BCUT2D eigenvalue weighted by Crippen LogP contribution is -2.40. The van der Waals surface area contributed by atoms with Gasteiger partial charge in [0, 0.05) is 57.3 Å². The average molecular weight is 712 g/mol. The van der Waals surface area contributed by atoms with E-state index >= 15 is 0 Å². The zero-order valence-corrected chi connectivity index (χ0v) is 29.5. The number of likely N-dealkylation sites (tertiary alicyclic amines) is 2. The van der Waals surface area contributed by atoms with Gasteiger partial charge in [-0.2, -0.15) is 4.98 Å². The molecule has 0 radical (unpaired) electrons. The average Bonchev–Trinajstić information content (AvgIpc) is 3.17. The van der Waals surface area contributed by atoms with Gasteiger partial charge < -0.3 is 35.6 Å². The third-order valence-corrected chi connectivity index (χ3v) is 9.69. The van der Waals surface area contributed by atoms with Gasteiger partial charge in [0.2, 0.25) is 5.95 Å². The van der Waals surface area contributed by atoms with Crippen molar-refractivity contribution in [3.05, 3.63) is 101 Å². The number of nitrogens with zero attached hydrogens (tertiary/aromatic N) is 6. The summed E-state index contributed by atoms with van der Waals surface area (Å²) in [5.41, 5.74) is 10.3. The quantitative estimate of drug-likeness (QED) is 0.163. The van der Waals surface area contributed by atoms with Crippen LogP contribution < -0.4 is 16.4 Å². The van der Waals surface area contributed by atoms with Crippen LogP contribution >= 0.6 is 0 Å². The predicted octanol–water partition coefficient (Wildman–Crippen LogP) is 5.81. The molecule has 0 atom stereocenters. The Morgan fingerprint density at radius 3 is 2.00 bits per heavy atom. The van der Waals surface area contributed by atoms with Crippen LogP contribution in [0.2, 0.25) is 0 Å². The topological polar surface area (TPSA) is 161 Å². The van der Waals surface area contributed by atoms with Gasteiger partial charge in [-0.25, -0.2) is 28.9 Å². The zero-order valence-electron chi connectivity index (χ0n) is 29.5. The van der Waals surface area contributed by atoms with Gasteiger partial charge in [0.15, 0.2) is 0 Å². The van der Waals surface area contributed by atoms with E-state index in [0.29, 0.717) is 56.8 Å². The molecule has 2 amide bonds. The fraction of sp³-hybridized carbons (Fsp3) is 0.421. The van der Waals surface area contributed by atoms with Crippen LogP contribution in [0.3, 0.4) is 0 Å². The molecule has 0 bridgehead atoms. The number of amides is 2. The number of carbonyl (C=O) groups is 2. The standard InChI is InChI=1S/C38H46FN9O4/c1-26-33(43-25-44-35(26)42-22-28-13-17-48(18-14-28)38(50)52-24-30-7-9-31(39)10-8-30)19-32-20-34(46-36(40)45-32)41-21-27-11-15-47(16-12-27)37(49)51-23-29-5-3-2-4-6-29/h2-10,20,25,27-28H,11-19,21-24H2,1H3,(H,42,43,44)(H3,40,41,45,46). The van der Waals surface area contributed by atoms with E-state index in [9.17, 15) is 14.0 Å². The zero-order chi connectivity index (χ0) is 36.3. The third kappa shape index (κ3) is 10.3. The first kappa shape index (κ1) is 36.3. The highest BCUT2D eigenvalue weighted by atomic mass is 19.1. The summed E-state index contributed by atoms with van der Waals surface area (Å²) in [5.74, 6) is 2.04.